The fourth-order valence-corrected chi connectivity index (χ4v) is 1.37. The van der Waals surface area contributed by atoms with Crippen LogP contribution in [0, 0.1) is 6.92 Å². The van der Waals surface area contributed by atoms with Gasteiger partial charge in [0, 0.05) is 13.1 Å². The molecule has 2 heteroatoms. The van der Waals surface area contributed by atoms with E-state index in [9.17, 15) is 0 Å². The summed E-state index contributed by atoms with van der Waals surface area (Å²) in [5.41, 5.74) is 1.37. The maximum absolute atomic E-state index is 3.69. The number of likely N-dealkylation sites (N-methyl/N-ethyl adjacent to an activating group) is 1. The zero-order valence-electron chi connectivity index (χ0n) is 8.82. The van der Waals surface area contributed by atoms with Crippen molar-refractivity contribution >= 4 is 18.9 Å². The predicted molar refractivity (Wildman–Crippen MR) is 69.0 cm³/mol. The summed E-state index contributed by atoms with van der Waals surface area (Å²) < 4.78 is 0. The molecule has 0 saturated heterocycles. The van der Waals surface area contributed by atoms with Gasteiger partial charge in [0.1, 0.15) is 0 Å². The molecule has 77 valence electrons. The third-order valence-electron chi connectivity index (χ3n) is 2.23. The van der Waals surface area contributed by atoms with Crippen molar-refractivity contribution in [3.05, 3.63) is 55.0 Å². The first kappa shape index (κ1) is 14.5. The average Bonchev–Trinajstić information content (AvgIpc) is 2.25. The van der Waals surface area contributed by atoms with Crippen LogP contribution in [0.1, 0.15) is 12.5 Å². The van der Waals surface area contributed by atoms with Crippen molar-refractivity contribution in [2.45, 2.75) is 13.5 Å². The number of nitrogens with zero attached hydrogens (tertiary/aromatic N) is 1. The summed E-state index contributed by atoms with van der Waals surface area (Å²) in [6, 6.07) is 10.5. The van der Waals surface area contributed by atoms with Crippen molar-refractivity contribution in [1.29, 1.82) is 0 Å². The molecule has 0 heterocycles. The Morgan fingerprint density at radius 2 is 1.93 bits per heavy atom. The van der Waals surface area contributed by atoms with Crippen LogP contribution in [0.2, 0.25) is 0 Å². The Labute approximate surface area is 105 Å². The molecule has 1 radical (unpaired) electrons. The molecule has 0 aliphatic rings. The molecule has 0 aliphatic heterocycles. The molecule has 0 aliphatic carbocycles. The van der Waals surface area contributed by atoms with E-state index in [1.54, 1.807) is 0 Å². The Kier molecular flexibility index (Phi) is 8.51. The Balaban J connectivity index is 0.00000196. The van der Waals surface area contributed by atoms with Gasteiger partial charge in [-0.05, 0) is 19.0 Å². The standard InChI is InChI=1S/C13H18N.Li.H/c1-3-5-11-14(4-2)12-13-9-7-6-8-10-13;;/h3,5-10H,1,4,11-12H2,2H3;;. The van der Waals surface area contributed by atoms with E-state index in [1.807, 2.05) is 6.08 Å². The van der Waals surface area contributed by atoms with Gasteiger partial charge in [-0.15, -0.1) is 0 Å². The van der Waals surface area contributed by atoms with Crippen molar-refractivity contribution < 1.29 is 0 Å². The van der Waals surface area contributed by atoms with Crippen molar-refractivity contribution in [3.8, 4) is 0 Å². The van der Waals surface area contributed by atoms with Crippen LogP contribution < -0.4 is 0 Å². The molecule has 0 bridgehead atoms. The average molecular weight is 196 g/mol. The van der Waals surface area contributed by atoms with Crippen LogP contribution in [-0.2, 0) is 6.54 Å². The van der Waals surface area contributed by atoms with Gasteiger partial charge in [-0.25, -0.2) is 0 Å². The molecule has 0 spiro atoms. The zero-order valence-corrected chi connectivity index (χ0v) is 8.82. The molecule has 0 aromatic heterocycles. The molecule has 0 atom stereocenters. The summed E-state index contributed by atoms with van der Waals surface area (Å²) in [5, 5.41) is 0. The van der Waals surface area contributed by atoms with Crippen LogP contribution >= 0.6 is 0 Å². The van der Waals surface area contributed by atoms with Crippen LogP contribution in [0.25, 0.3) is 0 Å². The van der Waals surface area contributed by atoms with Gasteiger partial charge in [0.2, 0.25) is 0 Å². The molecule has 1 aromatic rings. The Bertz CT molecular complexity index is 269. The summed E-state index contributed by atoms with van der Waals surface area (Å²) in [4.78, 5) is 2.37. The second kappa shape index (κ2) is 8.80. The molecular weight excluding hydrogens is 177 g/mol. The van der Waals surface area contributed by atoms with Gasteiger partial charge in [0.05, 0.1) is 0 Å². The SMILES string of the molecule is [CH2]C=CCN(CC)Cc1ccccc1.[LiH]. The fraction of sp³-hybridized carbons (Fsp3) is 0.308. The monoisotopic (exact) mass is 196 g/mol. The van der Waals surface area contributed by atoms with E-state index in [0.717, 1.165) is 19.6 Å². The summed E-state index contributed by atoms with van der Waals surface area (Å²) in [5.74, 6) is 0. The van der Waals surface area contributed by atoms with Gasteiger partial charge < -0.3 is 0 Å². The normalized spacial score (nSPS) is 10.6. The van der Waals surface area contributed by atoms with Crippen LogP contribution in [0.4, 0.5) is 0 Å². The van der Waals surface area contributed by atoms with Gasteiger partial charge in [-0.1, -0.05) is 49.4 Å². The summed E-state index contributed by atoms with van der Waals surface area (Å²) in [6.45, 7) is 8.94. The molecule has 15 heavy (non-hydrogen) atoms. The number of benzene rings is 1. The van der Waals surface area contributed by atoms with E-state index in [1.165, 1.54) is 5.56 Å². The van der Waals surface area contributed by atoms with E-state index < -0.39 is 0 Å². The Hall–Kier alpha value is -0.483. The number of hydrogen-bond acceptors (Lipinski definition) is 1. The van der Waals surface area contributed by atoms with E-state index >= 15 is 0 Å². The molecule has 1 nitrogen and oxygen atoms in total. The third-order valence-corrected chi connectivity index (χ3v) is 2.23. The summed E-state index contributed by atoms with van der Waals surface area (Å²) in [6.07, 6.45) is 3.94. The van der Waals surface area contributed by atoms with Gasteiger partial charge >= 0.3 is 18.9 Å². The fourth-order valence-electron chi connectivity index (χ4n) is 1.37. The third kappa shape index (κ3) is 5.84. The topological polar surface area (TPSA) is 3.24 Å². The number of rotatable bonds is 5. The molecule has 1 aromatic carbocycles. The zero-order chi connectivity index (χ0) is 10.2. The number of allylic oxidation sites excluding steroid dienone is 1. The van der Waals surface area contributed by atoms with Crippen LogP contribution in [0.3, 0.4) is 0 Å². The molecule has 1 rings (SSSR count). The van der Waals surface area contributed by atoms with Crippen molar-refractivity contribution in [3.63, 3.8) is 0 Å². The molecule has 0 N–H and O–H groups in total. The van der Waals surface area contributed by atoms with Crippen LogP contribution in [-0.4, -0.2) is 36.9 Å². The summed E-state index contributed by atoms with van der Waals surface area (Å²) >= 11 is 0. The first-order chi connectivity index (χ1) is 6.86. The van der Waals surface area contributed by atoms with Gasteiger partial charge in [-0.2, -0.15) is 0 Å². The maximum atomic E-state index is 3.69. The van der Waals surface area contributed by atoms with E-state index in [4.69, 9.17) is 0 Å². The molecular formula is C13H19LiN. The minimum atomic E-state index is 0. The Morgan fingerprint density at radius 3 is 2.47 bits per heavy atom. The second-order valence-electron chi connectivity index (χ2n) is 3.28. The van der Waals surface area contributed by atoms with Crippen LogP contribution in [0.5, 0.6) is 0 Å². The van der Waals surface area contributed by atoms with Crippen LogP contribution in [0.15, 0.2) is 42.5 Å². The van der Waals surface area contributed by atoms with E-state index in [2.05, 4.69) is 55.2 Å². The van der Waals surface area contributed by atoms with E-state index in [-0.39, 0.29) is 18.9 Å². The first-order valence-electron chi connectivity index (χ1n) is 5.07. The molecule has 0 unspecified atom stereocenters. The van der Waals surface area contributed by atoms with Gasteiger partial charge in [-0.3, -0.25) is 4.90 Å². The number of hydrogen-bond donors (Lipinski definition) is 0. The summed E-state index contributed by atoms with van der Waals surface area (Å²) in [7, 11) is 0. The van der Waals surface area contributed by atoms with Crippen molar-refractivity contribution in [2.75, 3.05) is 13.1 Å². The van der Waals surface area contributed by atoms with E-state index in [0.29, 0.717) is 0 Å². The molecule has 0 amide bonds. The molecule has 0 saturated carbocycles. The minimum absolute atomic E-state index is 0. The van der Waals surface area contributed by atoms with Gasteiger partial charge in [0.25, 0.3) is 0 Å². The quantitative estimate of drug-likeness (QED) is 0.653. The van der Waals surface area contributed by atoms with Gasteiger partial charge in [0.15, 0.2) is 0 Å². The Morgan fingerprint density at radius 1 is 1.27 bits per heavy atom. The first-order valence-corrected chi connectivity index (χ1v) is 5.07. The molecule has 0 fully saturated rings. The van der Waals surface area contributed by atoms with Crippen molar-refractivity contribution in [2.24, 2.45) is 0 Å². The predicted octanol–water partition coefficient (Wildman–Crippen LogP) is 2.25. The van der Waals surface area contributed by atoms with Crippen molar-refractivity contribution in [1.82, 2.24) is 4.90 Å². The second-order valence-corrected chi connectivity index (χ2v) is 3.28.